The smallest absolute Gasteiger partial charge is 0.165 e. The molecule has 21 heavy (non-hydrogen) atoms. The Labute approximate surface area is 128 Å². The molecule has 0 aliphatic heterocycles. The SMILES string of the molecule is CCCC1CCC(NC(C)c2ccc(OC)c(F)c2)CC1. The van der Waals surface area contributed by atoms with Gasteiger partial charge in [0.2, 0.25) is 0 Å². The Morgan fingerprint density at radius 3 is 2.57 bits per heavy atom. The van der Waals surface area contributed by atoms with Gasteiger partial charge in [0.15, 0.2) is 11.6 Å². The van der Waals surface area contributed by atoms with E-state index in [-0.39, 0.29) is 11.9 Å². The Balaban J connectivity index is 1.87. The number of benzene rings is 1. The van der Waals surface area contributed by atoms with Crippen molar-refractivity contribution in [2.24, 2.45) is 5.92 Å². The highest BCUT2D eigenvalue weighted by Crippen LogP contribution is 2.29. The molecule has 1 aromatic rings. The molecule has 0 saturated heterocycles. The van der Waals surface area contributed by atoms with Gasteiger partial charge in [-0.2, -0.15) is 0 Å². The van der Waals surface area contributed by atoms with Crippen molar-refractivity contribution < 1.29 is 9.13 Å². The summed E-state index contributed by atoms with van der Waals surface area (Å²) in [5, 5.41) is 3.65. The first-order chi connectivity index (χ1) is 10.1. The highest BCUT2D eigenvalue weighted by atomic mass is 19.1. The average molecular weight is 293 g/mol. The minimum Gasteiger partial charge on any atom is -0.494 e. The molecule has 0 amide bonds. The molecule has 0 radical (unpaired) electrons. The van der Waals surface area contributed by atoms with Crippen molar-refractivity contribution in [3.8, 4) is 5.75 Å². The van der Waals surface area contributed by atoms with Crippen LogP contribution in [0.25, 0.3) is 0 Å². The molecule has 0 aromatic heterocycles. The first-order valence-electron chi connectivity index (χ1n) is 8.23. The van der Waals surface area contributed by atoms with Gasteiger partial charge in [0.1, 0.15) is 0 Å². The minimum absolute atomic E-state index is 0.179. The van der Waals surface area contributed by atoms with Crippen molar-refractivity contribution in [2.45, 2.75) is 64.5 Å². The molecule has 1 atom stereocenters. The molecule has 118 valence electrons. The van der Waals surface area contributed by atoms with Gasteiger partial charge < -0.3 is 10.1 Å². The summed E-state index contributed by atoms with van der Waals surface area (Å²) in [4.78, 5) is 0. The largest absolute Gasteiger partial charge is 0.494 e. The molecular weight excluding hydrogens is 265 g/mol. The molecule has 1 N–H and O–H groups in total. The molecule has 1 aromatic carbocycles. The summed E-state index contributed by atoms with van der Waals surface area (Å²) >= 11 is 0. The van der Waals surface area contributed by atoms with Gasteiger partial charge in [0.05, 0.1) is 7.11 Å². The van der Waals surface area contributed by atoms with Gasteiger partial charge in [-0.15, -0.1) is 0 Å². The lowest BCUT2D eigenvalue weighted by Crippen LogP contribution is -2.35. The van der Waals surface area contributed by atoms with Gasteiger partial charge in [-0.05, 0) is 56.2 Å². The summed E-state index contributed by atoms with van der Waals surface area (Å²) in [5.74, 6) is 0.947. The van der Waals surface area contributed by atoms with Crippen LogP contribution in [0, 0.1) is 11.7 Å². The molecule has 0 heterocycles. The fourth-order valence-electron chi connectivity index (χ4n) is 3.43. The molecular formula is C18H28FNO. The topological polar surface area (TPSA) is 21.3 Å². The first-order valence-corrected chi connectivity index (χ1v) is 8.23. The third-order valence-electron chi connectivity index (χ3n) is 4.71. The van der Waals surface area contributed by atoms with Crippen LogP contribution in [-0.4, -0.2) is 13.2 Å². The van der Waals surface area contributed by atoms with E-state index in [0.29, 0.717) is 11.8 Å². The second-order valence-corrected chi connectivity index (χ2v) is 6.29. The van der Waals surface area contributed by atoms with Crippen molar-refractivity contribution >= 4 is 0 Å². The van der Waals surface area contributed by atoms with Crippen LogP contribution < -0.4 is 10.1 Å². The maximum absolute atomic E-state index is 13.8. The predicted molar refractivity (Wildman–Crippen MR) is 85.2 cm³/mol. The molecule has 2 rings (SSSR count). The molecule has 2 nitrogen and oxygen atoms in total. The zero-order valence-electron chi connectivity index (χ0n) is 13.5. The van der Waals surface area contributed by atoms with E-state index in [1.54, 1.807) is 12.1 Å². The van der Waals surface area contributed by atoms with Crippen molar-refractivity contribution in [1.29, 1.82) is 0 Å². The second-order valence-electron chi connectivity index (χ2n) is 6.29. The van der Waals surface area contributed by atoms with E-state index in [1.165, 1.54) is 45.6 Å². The lowest BCUT2D eigenvalue weighted by atomic mass is 9.83. The molecule has 1 unspecified atom stereocenters. The standard InChI is InChI=1S/C18H28FNO/c1-4-5-14-6-9-16(10-7-14)20-13(2)15-8-11-18(21-3)17(19)12-15/h8,11-14,16,20H,4-7,9-10H2,1-3H3. The average Bonchev–Trinajstić information content (AvgIpc) is 2.49. The van der Waals surface area contributed by atoms with E-state index in [1.807, 2.05) is 6.07 Å². The van der Waals surface area contributed by atoms with E-state index in [0.717, 1.165) is 11.5 Å². The van der Waals surface area contributed by atoms with Crippen LogP contribution in [-0.2, 0) is 0 Å². The van der Waals surface area contributed by atoms with E-state index >= 15 is 0 Å². The second kappa shape index (κ2) is 7.79. The molecule has 0 spiro atoms. The molecule has 1 aliphatic carbocycles. The maximum Gasteiger partial charge on any atom is 0.165 e. The van der Waals surface area contributed by atoms with Gasteiger partial charge in [0, 0.05) is 12.1 Å². The first kappa shape index (κ1) is 16.3. The predicted octanol–water partition coefficient (Wildman–Crippen LogP) is 4.84. The summed E-state index contributed by atoms with van der Waals surface area (Å²) in [6, 6.07) is 5.99. The maximum atomic E-state index is 13.8. The molecule has 1 saturated carbocycles. The van der Waals surface area contributed by atoms with Gasteiger partial charge in [-0.1, -0.05) is 25.8 Å². The van der Waals surface area contributed by atoms with Crippen LogP contribution in [0.3, 0.4) is 0 Å². The van der Waals surface area contributed by atoms with Crippen LogP contribution in [0.2, 0.25) is 0 Å². The van der Waals surface area contributed by atoms with Crippen molar-refractivity contribution in [2.75, 3.05) is 7.11 Å². The van der Waals surface area contributed by atoms with Gasteiger partial charge in [0.25, 0.3) is 0 Å². The molecule has 0 bridgehead atoms. The van der Waals surface area contributed by atoms with E-state index in [9.17, 15) is 4.39 Å². The summed E-state index contributed by atoms with van der Waals surface area (Å²) in [6.07, 6.45) is 7.81. The third kappa shape index (κ3) is 4.44. The fourth-order valence-corrected chi connectivity index (χ4v) is 3.43. The Morgan fingerprint density at radius 2 is 2.00 bits per heavy atom. The number of nitrogens with one attached hydrogen (secondary N) is 1. The Morgan fingerprint density at radius 1 is 1.29 bits per heavy atom. The van der Waals surface area contributed by atoms with Crippen LogP contribution in [0.4, 0.5) is 4.39 Å². The van der Waals surface area contributed by atoms with Crippen LogP contribution in [0.15, 0.2) is 18.2 Å². The van der Waals surface area contributed by atoms with Crippen LogP contribution in [0.1, 0.15) is 64.0 Å². The summed E-state index contributed by atoms with van der Waals surface area (Å²) in [5.41, 5.74) is 0.990. The van der Waals surface area contributed by atoms with Gasteiger partial charge >= 0.3 is 0 Å². The van der Waals surface area contributed by atoms with E-state index in [4.69, 9.17) is 4.74 Å². The number of rotatable bonds is 6. The summed E-state index contributed by atoms with van der Waals surface area (Å²) in [6.45, 7) is 4.38. The van der Waals surface area contributed by atoms with Crippen molar-refractivity contribution in [1.82, 2.24) is 5.32 Å². The number of hydrogen-bond donors (Lipinski definition) is 1. The van der Waals surface area contributed by atoms with Gasteiger partial charge in [-0.3, -0.25) is 0 Å². The number of ether oxygens (including phenoxy) is 1. The van der Waals surface area contributed by atoms with E-state index in [2.05, 4.69) is 19.2 Å². The Hall–Kier alpha value is -1.09. The zero-order valence-corrected chi connectivity index (χ0v) is 13.5. The molecule has 3 heteroatoms. The lowest BCUT2D eigenvalue weighted by molar-refractivity contribution is 0.266. The van der Waals surface area contributed by atoms with Gasteiger partial charge in [-0.25, -0.2) is 4.39 Å². The Kier molecular flexibility index (Phi) is 6.04. The fraction of sp³-hybridized carbons (Fsp3) is 0.667. The third-order valence-corrected chi connectivity index (χ3v) is 4.71. The Bertz CT molecular complexity index is 441. The molecule has 1 fully saturated rings. The summed E-state index contributed by atoms with van der Waals surface area (Å²) < 4.78 is 18.7. The normalized spacial score (nSPS) is 23.8. The zero-order chi connectivity index (χ0) is 15.2. The quantitative estimate of drug-likeness (QED) is 0.810. The highest BCUT2D eigenvalue weighted by molar-refractivity contribution is 5.30. The minimum atomic E-state index is -0.282. The van der Waals surface area contributed by atoms with Crippen LogP contribution in [0.5, 0.6) is 5.75 Å². The number of halogens is 1. The molecule has 1 aliphatic rings. The van der Waals surface area contributed by atoms with E-state index < -0.39 is 0 Å². The lowest BCUT2D eigenvalue weighted by Gasteiger charge is -2.31. The number of methoxy groups -OCH3 is 1. The summed E-state index contributed by atoms with van der Waals surface area (Å²) in [7, 11) is 1.49. The van der Waals surface area contributed by atoms with Crippen molar-refractivity contribution in [3.05, 3.63) is 29.6 Å². The highest BCUT2D eigenvalue weighted by Gasteiger charge is 2.22. The monoisotopic (exact) mass is 293 g/mol. The number of hydrogen-bond acceptors (Lipinski definition) is 2. The van der Waals surface area contributed by atoms with Crippen LogP contribution >= 0.6 is 0 Å². The van der Waals surface area contributed by atoms with Crippen molar-refractivity contribution in [3.63, 3.8) is 0 Å².